The minimum absolute atomic E-state index is 0.0242. The highest BCUT2D eigenvalue weighted by Crippen LogP contribution is 2.26. The smallest absolute Gasteiger partial charge is 0.335 e. The van der Waals surface area contributed by atoms with Crippen LogP contribution in [0.1, 0.15) is 201 Å². The topological polar surface area (TPSA) is 175 Å². The predicted molar refractivity (Wildman–Crippen MR) is 284 cm³/mol. The zero-order valence-electron chi connectivity index (χ0n) is 43.9. The SMILES string of the molecule is CC/C=C\C/C=C\C/C=C\C/C=C\CCCCCCC(=O)OC1C(OCC(COC(=O)CCCCC/C=C\C/C=C\C/C=C\CC)OC(=O)CCCCCCC/C=C\CCCC)OC(C(=O)O)C(O)C1O. The normalized spacial score (nSPS) is 19.3. The van der Waals surface area contributed by atoms with Crippen molar-refractivity contribution in [2.45, 2.75) is 237 Å². The van der Waals surface area contributed by atoms with Gasteiger partial charge in [0.25, 0.3) is 0 Å². The highest BCUT2D eigenvalue weighted by Gasteiger charge is 2.50. The van der Waals surface area contributed by atoms with Crippen molar-refractivity contribution in [2.75, 3.05) is 13.2 Å². The third-order valence-corrected chi connectivity index (χ3v) is 11.6. The van der Waals surface area contributed by atoms with E-state index in [1.165, 1.54) is 12.8 Å². The molecule has 402 valence electrons. The summed E-state index contributed by atoms with van der Waals surface area (Å²) in [5.74, 6) is -3.22. The van der Waals surface area contributed by atoms with Crippen molar-refractivity contribution < 1.29 is 58.2 Å². The van der Waals surface area contributed by atoms with Gasteiger partial charge in [0.2, 0.25) is 0 Å². The number of carbonyl (C=O) groups is 4. The van der Waals surface area contributed by atoms with Crippen molar-refractivity contribution in [3.05, 3.63) is 97.2 Å². The molecule has 0 saturated carbocycles. The molecule has 12 nitrogen and oxygen atoms in total. The monoisotopic (exact) mass is 995 g/mol. The fourth-order valence-electron chi connectivity index (χ4n) is 7.47. The first-order valence-corrected chi connectivity index (χ1v) is 27.2. The number of aliphatic hydroxyl groups is 2. The lowest BCUT2D eigenvalue weighted by molar-refractivity contribution is -0.301. The number of unbranched alkanes of at least 4 members (excludes halogenated alkanes) is 14. The number of aliphatic hydroxyl groups excluding tert-OH is 2. The van der Waals surface area contributed by atoms with E-state index < -0.39 is 67.3 Å². The standard InChI is InChI=1S/C59H94O12/c1-4-7-10-13-16-19-22-24-25-26-27-29-32-35-38-41-44-47-53(62)70-57-55(64)54(63)56(58(65)66)71-59(57)68-49-50(69-52(61)46-43-40-37-34-30-21-18-15-12-9-6-3)48-67-51(60)45-42-39-36-33-31-28-23-20-17-14-11-8-5-2/h7-8,10-11,15-20,24-25,27-29,31,50,54-57,59,63-64H,4-6,9,12-14,21-23,26,30,32-49H2,1-3H3,(H,65,66)/b10-7-,11-8-,18-15-,19-16-,20-17-,25-24-,29-27-,31-28-. The average Bonchev–Trinajstić information content (AvgIpc) is 3.35. The van der Waals surface area contributed by atoms with Gasteiger partial charge in [-0.15, -0.1) is 0 Å². The highest BCUT2D eigenvalue weighted by molar-refractivity contribution is 5.74. The van der Waals surface area contributed by atoms with Crippen molar-refractivity contribution in [3.63, 3.8) is 0 Å². The molecule has 0 aliphatic carbocycles. The summed E-state index contributed by atoms with van der Waals surface area (Å²) in [7, 11) is 0. The zero-order valence-corrected chi connectivity index (χ0v) is 43.9. The van der Waals surface area contributed by atoms with Crippen LogP contribution in [-0.2, 0) is 42.9 Å². The lowest BCUT2D eigenvalue weighted by atomic mass is 9.98. The first kappa shape index (κ1) is 64.7. The van der Waals surface area contributed by atoms with Crippen LogP contribution < -0.4 is 0 Å². The first-order chi connectivity index (χ1) is 34.6. The lowest BCUT2D eigenvalue weighted by Crippen LogP contribution is -2.61. The molecule has 3 N–H and O–H groups in total. The Labute approximate surface area is 428 Å². The number of allylic oxidation sites excluding steroid dienone is 16. The van der Waals surface area contributed by atoms with Crippen molar-refractivity contribution in [1.82, 2.24) is 0 Å². The number of carboxylic acids is 1. The van der Waals surface area contributed by atoms with E-state index >= 15 is 0 Å². The summed E-state index contributed by atoms with van der Waals surface area (Å²) in [6.45, 7) is 5.65. The van der Waals surface area contributed by atoms with Gasteiger partial charge in [-0.05, 0) is 109 Å². The Morgan fingerprint density at radius 3 is 1.38 bits per heavy atom. The molecule has 0 radical (unpaired) electrons. The van der Waals surface area contributed by atoms with E-state index in [-0.39, 0.29) is 25.9 Å². The summed E-state index contributed by atoms with van der Waals surface area (Å²) >= 11 is 0. The summed E-state index contributed by atoms with van der Waals surface area (Å²) in [4.78, 5) is 50.9. The van der Waals surface area contributed by atoms with Crippen LogP contribution in [0.25, 0.3) is 0 Å². The molecule has 1 saturated heterocycles. The maximum Gasteiger partial charge on any atom is 0.335 e. The van der Waals surface area contributed by atoms with E-state index in [4.69, 9.17) is 23.7 Å². The molecule has 0 spiro atoms. The molecule has 0 aromatic rings. The van der Waals surface area contributed by atoms with Crippen molar-refractivity contribution in [3.8, 4) is 0 Å². The number of aliphatic carboxylic acids is 1. The molecule has 0 aromatic heterocycles. The summed E-state index contributed by atoms with van der Waals surface area (Å²) in [6.07, 6.45) is 48.2. The minimum atomic E-state index is -1.92. The quantitative estimate of drug-likeness (QED) is 0.0228. The van der Waals surface area contributed by atoms with E-state index in [0.717, 1.165) is 128 Å². The molecule has 6 unspecified atom stereocenters. The molecule has 0 bridgehead atoms. The molecule has 1 rings (SSSR count). The van der Waals surface area contributed by atoms with Crippen LogP contribution in [0.4, 0.5) is 0 Å². The largest absolute Gasteiger partial charge is 0.479 e. The Hall–Kier alpha value is -4.36. The second-order valence-corrected chi connectivity index (χ2v) is 18.1. The lowest BCUT2D eigenvalue weighted by Gasteiger charge is -2.40. The van der Waals surface area contributed by atoms with Crippen LogP contribution in [-0.4, -0.2) is 89.2 Å². The second kappa shape index (κ2) is 46.7. The number of rotatable bonds is 44. The van der Waals surface area contributed by atoms with E-state index in [1.54, 1.807) is 0 Å². The Kier molecular flexibility index (Phi) is 42.5. The van der Waals surface area contributed by atoms with Crippen LogP contribution >= 0.6 is 0 Å². The third-order valence-electron chi connectivity index (χ3n) is 11.6. The first-order valence-electron chi connectivity index (χ1n) is 27.2. The molecular formula is C59H94O12. The zero-order chi connectivity index (χ0) is 51.8. The Morgan fingerprint density at radius 1 is 0.479 bits per heavy atom. The summed E-state index contributed by atoms with van der Waals surface area (Å²) in [6, 6.07) is 0. The van der Waals surface area contributed by atoms with Gasteiger partial charge in [-0.2, -0.15) is 0 Å². The molecule has 1 aliphatic rings. The van der Waals surface area contributed by atoms with Crippen LogP contribution in [0.15, 0.2) is 97.2 Å². The summed E-state index contributed by atoms with van der Waals surface area (Å²) < 4.78 is 28.3. The van der Waals surface area contributed by atoms with Gasteiger partial charge >= 0.3 is 23.9 Å². The van der Waals surface area contributed by atoms with Gasteiger partial charge in [-0.25, -0.2) is 4.79 Å². The van der Waals surface area contributed by atoms with Gasteiger partial charge in [0, 0.05) is 19.3 Å². The number of hydrogen-bond donors (Lipinski definition) is 3. The maximum absolute atomic E-state index is 13.1. The van der Waals surface area contributed by atoms with Crippen molar-refractivity contribution >= 4 is 23.9 Å². The number of ether oxygens (including phenoxy) is 5. The average molecular weight is 995 g/mol. The molecule has 71 heavy (non-hydrogen) atoms. The number of hydrogen-bond acceptors (Lipinski definition) is 11. The van der Waals surface area contributed by atoms with Crippen molar-refractivity contribution in [1.29, 1.82) is 0 Å². The Bertz CT molecular complexity index is 1610. The molecule has 6 atom stereocenters. The number of esters is 3. The van der Waals surface area contributed by atoms with E-state index in [9.17, 15) is 34.5 Å². The van der Waals surface area contributed by atoms with Gasteiger partial charge in [-0.3, -0.25) is 14.4 Å². The van der Waals surface area contributed by atoms with Gasteiger partial charge in [0.1, 0.15) is 18.8 Å². The van der Waals surface area contributed by atoms with Crippen LogP contribution in [0, 0.1) is 0 Å². The molecule has 1 aliphatic heterocycles. The van der Waals surface area contributed by atoms with E-state index in [1.807, 2.05) is 0 Å². The molecule has 0 amide bonds. The maximum atomic E-state index is 13.1. The predicted octanol–water partition coefficient (Wildman–Crippen LogP) is 13.3. The Balaban J connectivity index is 2.74. The summed E-state index contributed by atoms with van der Waals surface area (Å²) in [5.41, 5.74) is 0. The molecule has 0 aromatic carbocycles. The minimum Gasteiger partial charge on any atom is -0.479 e. The highest BCUT2D eigenvalue weighted by atomic mass is 16.7. The molecule has 1 fully saturated rings. The summed E-state index contributed by atoms with van der Waals surface area (Å²) in [5, 5.41) is 31.4. The molecular weight excluding hydrogens is 901 g/mol. The third kappa shape index (κ3) is 37.1. The number of carbonyl (C=O) groups excluding carboxylic acids is 3. The van der Waals surface area contributed by atoms with Gasteiger partial charge in [-0.1, -0.05) is 169 Å². The van der Waals surface area contributed by atoms with Gasteiger partial charge in [0.15, 0.2) is 24.6 Å². The second-order valence-electron chi connectivity index (χ2n) is 18.1. The van der Waals surface area contributed by atoms with E-state index in [2.05, 4.69) is 118 Å². The number of carboxylic acid groups (broad SMARTS) is 1. The fraction of sp³-hybridized carbons (Fsp3) is 0.661. The van der Waals surface area contributed by atoms with Crippen LogP contribution in [0.3, 0.4) is 0 Å². The van der Waals surface area contributed by atoms with Crippen LogP contribution in [0.5, 0.6) is 0 Å². The van der Waals surface area contributed by atoms with E-state index in [0.29, 0.717) is 19.3 Å². The van der Waals surface area contributed by atoms with Gasteiger partial charge in [0.05, 0.1) is 6.61 Å². The Morgan fingerprint density at radius 2 is 0.887 bits per heavy atom. The van der Waals surface area contributed by atoms with Gasteiger partial charge < -0.3 is 39.0 Å². The van der Waals surface area contributed by atoms with Crippen LogP contribution in [0.2, 0.25) is 0 Å². The molecule has 12 heteroatoms. The van der Waals surface area contributed by atoms with Crippen molar-refractivity contribution in [2.24, 2.45) is 0 Å². The molecule has 1 heterocycles. The fourth-order valence-corrected chi connectivity index (χ4v) is 7.47.